The Balaban J connectivity index is 2.36. The molecule has 0 spiro atoms. The Bertz CT molecular complexity index is 485. The summed E-state index contributed by atoms with van der Waals surface area (Å²) in [6, 6.07) is 0. The number of hydrogen-bond donors (Lipinski definition) is 0. The summed E-state index contributed by atoms with van der Waals surface area (Å²) in [4.78, 5) is 24.2. The fourth-order valence-corrected chi connectivity index (χ4v) is 3.20. The molecule has 0 unspecified atom stereocenters. The Kier molecular flexibility index (Phi) is 5.59. The molecule has 0 bridgehead atoms. The molecular formula is C17H24O4. The minimum atomic E-state index is -0.216. The van der Waals surface area contributed by atoms with E-state index in [2.05, 4.69) is 0 Å². The summed E-state index contributed by atoms with van der Waals surface area (Å²) in [5, 5.41) is 0. The largest absolute Gasteiger partial charge is 0.463 e. The molecule has 2 aliphatic carbocycles. The summed E-state index contributed by atoms with van der Waals surface area (Å²) in [5.41, 5.74) is 3.66. The zero-order valence-corrected chi connectivity index (χ0v) is 13.0. The highest BCUT2D eigenvalue weighted by atomic mass is 16.5. The summed E-state index contributed by atoms with van der Waals surface area (Å²) in [5.74, 6) is -0.430. The molecule has 0 amide bonds. The summed E-state index contributed by atoms with van der Waals surface area (Å²) < 4.78 is 10.3. The van der Waals surface area contributed by atoms with Crippen molar-refractivity contribution in [2.45, 2.75) is 58.8 Å². The normalized spacial score (nSPS) is 19.0. The standard InChI is InChI=1S/C17H24O4/c1-3-20-16(18)14-9-6-5-8-12(14)13-10-7-11-15(13)17(19)21-4-2/h3-11H2,1-2H3. The first-order chi connectivity index (χ1) is 10.2. The van der Waals surface area contributed by atoms with Crippen LogP contribution in [0, 0.1) is 0 Å². The molecule has 116 valence electrons. The highest BCUT2D eigenvalue weighted by molar-refractivity contribution is 5.94. The minimum Gasteiger partial charge on any atom is -0.463 e. The van der Waals surface area contributed by atoms with Gasteiger partial charge in [0.2, 0.25) is 0 Å². The Morgan fingerprint density at radius 1 is 0.762 bits per heavy atom. The van der Waals surface area contributed by atoms with E-state index in [1.807, 2.05) is 13.8 Å². The fourth-order valence-electron chi connectivity index (χ4n) is 3.20. The highest BCUT2D eigenvalue weighted by Crippen LogP contribution is 2.39. The Labute approximate surface area is 126 Å². The number of esters is 2. The predicted molar refractivity (Wildman–Crippen MR) is 79.6 cm³/mol. The fraction of sp³-hybridized carbons (Fsp3) is 0.647. The Morgan fingerprint density at radius 2 is 1.19 bits per heavy atom. The van der Waals surface area contributed by atoms with Gasteiger partial charge in [-0.15, -0.1) is 0 Å². The van der Waals surface area contributed by atoms with Crippen LogP contribution >= 0.6 is 0 Å². The molecule has 4 heteroatoms. The van der Waals surface area contributed by atoms with Crippen LogP contribution in [-0.2, 0) is 19.1 Å². The Hall–Kier alpha value is -1.58. The van der Waals surface area contributed by atoms with Gasteiger partial charge < -0.3 is 9.47 Å². The number of carbonyl (C=O) groups is 2. The zero-order chi connectivity index (χ0) is 15.2. The second-order valence-corrected chi connectivity index (χ2v) is 5.42. The van der Waals surface area contributed by atoms with Gasteiger partial charge in [-0.3, -0.25) is 0 Å². The first kappa shape index (κ1) is 15.8. The molecule has 0 radical (unpaired) electrons. The third-order valence-electron chi connectivity index (χ3n) is 4.09. The van der Waals surface area contributed by atoms with Crippen molar-refractivity contribution in [2.75, 3.05) is 13.2 Å². The van der Waals surface area contributed by atoms with E-state index in [0.717, 1.165) is 67.2 Å². The summed E-state index contributed by atoms with van der Waals surface area (Å²) in [6.45, 7) is 4.41. The molecule has 0 heterocycles. The SMILES string of the molecule is CCOC(=O)C1=C(C2=C(C(=O)OCC)CCC2)CCCC1. The van der Waals surface area contributed by atoms with E-state index < -0.39 is 0 Å². The van der Waals surface area contributed by atoms with E-state index in [1.54, 1.807) is 0 Å². The van der Waals surface area contributed by atoms with E-state index in [-0.39, 0.29) is 11.9 Å². The molecule has 0 saturated heterocycles. The molecule has 0 aromatic rings. The van der Waals surface area contributed by atoms with Crippen LogP contribution in [0.3, 0.4) is 0 Å². The number of ether oxygens (including phenoxy) is 2. The maximum Gasteiger partial charge on any atom is 0.334 e. The van der Waals surface area contributed by atoms with Crippen molar-refractivity contribution in [1.82, 2.24) is 0 Å². The smallest absolute Gasteiger partial charge is 0.334 e. The maximum atomic E-state index is 12.1. The number of rotatable bonds is 5. The molecule has 0 N–H and O–H groups in total. The van der Waals surface area contributed by atoms with Gasteiger partial charge in [0.1, 0.15) is 0 Å². The predicted octanol–water partition coefficient (Wildman–Crippen LogP) is 3.46. The van der Waals surface area contributed by atoms with E-state index >= 15 is 0 Å². The van der Waals surface area contributed by atoms with Gasteiger partial charge in [-0.25, -0.2) is 9.59 Å². The minimum absolute atomic E-state index is 0.213. The lowest BCUT2D eigenvalue weighted by atomic mass is 9.85. The quantitative estimate of drug-likeness (QED) is 0.728. The lowest BCUT2D eigenvalue weighted by Gasteiger charge is -2.21. The molecule has 0 saturated carbocycles. The zero-order valence-electron chi connectivity index (χ0n) is 13.0. The maximum absolute atomic E-state index is 12.1. The van der Waals surface area contributed by atoms with Crippen LogP contribution in [0.2, 0.25) is 0 Å². The lowest BCUT2D eigenvalue weighted by Crippen LogP contribution is -2.15. The van der Waals surface area contributed by atoms with Crippen molar-refractivity contribution < 1.29 is 19.1 Å². The van der Waals surface area contributed by atoms with Gasteiger partial charge in [0, 0.05) is 11.1 Å². The number of hydrogen-bond acceptors (Lipinski definition) is 4. The molecule has 4 nitrogen and oxygen atoms in total. The van der Waals surface area contributed by atoms with E-state index in [0.29, 0.717) is 13.2 Å². The van der Waals surface area contributed by atoms with Crippen LogP contribution in [0.5, 0.6) is 0 Å². The molecule has 2 aliphatic rings. The first-order valence-electron chi connectivity index (χ1n) is 7.97. The second-order valence-electron chi connectivity index (χ2n) is 5.42. The Morgan fingerprint density at radius 3 is 1.71 bits per heavy atom. The summed E-state index contributed by atoms with van der Waals surface area (Å²) in [6.07, 6.45) is 6.29. The van der Waals surface area contributed by atoms with Crippen molar-refractivity contribution in [3.05, 3.63) is 22.3 Å². The van der Waals surface area contributed by atoms with Gasteiger partial charge in [0.25, 0.3) is 0 Å². The molecule has 0 aromatic carbocycles. The van der Waals surface area contributed by atoms with Gasteiger partial charge in [-0.05, 0) is 69.9 Å². The monoisotopic (exact) mass is 292 g/mol. The first-order valence-corrected chi connectivity index (χ1v) is 7.97. The van der Waals surface area contributed by atoms with Crippen molar-refractivity contribution in [3.8, 4) is 0 Å². The molecule has 0 aliphatic heterocycles. The van der Waals surface area contributed by atoms with Crippen LogP contribution in [-0.4, -0.2) is 25.2 Å². The average Bonchev–Trinajstić information content (AvgIpc) is 2.97. The molecule has 2 rings (SSSR count). The molecule has 21 heavy (non-hydrogen) atoms. The van der Waals surface area contributed by atoms with Crippen molar-refractivity contribution >= 4 is 11.9 Å². The van der Waals surface area contributed by atoms with Crippen molar-refractivity contribution in [1.29, 1.82) is 0 Å². The van der Waals surface area contributed by atoms with Gasteiger partial charge in [-0.1, -0.05) is 0 Å². The van der Waals surface area contributed by atoms with Gasteiger partial charge >= 0.3 is 11.9 Å². The van der Waals surface area contributed by atoms with Gasteiger partial charge in [-0.2, -0.15) is 0 Å². The van der Waals surface area contributed by atoms with Crippen LogP contribution in [0.15, 0.2) is 22.3 Å². The van der Waals surface area contributed by atoms with E-state index in [1.165, 1.54) is 0 Å². The molecule has 0 atom stereocenters. The molecule has 0 aromatic heterocycles. The van der Waals surface area contributed by atoms with Gasteiger partial charge in [0.15, 0.2) is 0 Å². The summed E-state index contributed by atoms with van der Waals surface area (Å²) >= 11 is 0. The number of carbonyl (C=O) groups excluding carboxylic acids is 2. The van der Waals surface area contributed by atoms with E-state index in [9.17, 15) is 9.59 Å². The van der Waals surface area contributed by atoms with Crippen molar-refractivity contribution in [2.24, 2.45) is 0 Å². The molecule has 0 fully saturated rings. The van der Waals surface area contributed by atoms with Gasteiger partial charge in [0.05, 0.1) is 13.2 Å². The lowest BCUT2D eigenvalue weighted by molar-refractivity contribution is -0.139. The van der Waals surface area contributed by atoms with Crippen LogP contribution in [0.25, 0.3) is 0 Å². The average molecular weight is 292 g/mol. The highest BCUT2D eigenvalue weighted by Gasteiger charge is 2.29. The summed E-state index contributed by atoms with van der Waals surface area (Å²) in [7, 11) is 0. The third-order valence-corrected chi connectivity index (χ3v) is 4.09. The van der Waals surface area contributed by atoms with Crippen molar-refractivity contribution in [3.63, 3.8) is 0 Å². The number of allylic oxidation sites excluding steroid dienone is 2. The van der Waals surface area contributed by atoms with Crippen LogP contribution in [0.1, 0.15) is 58.8 Å². The van der Waals surface area contributed by atoms with Crippen LogP contribution < -0.4 is 0 Å². The second kappa shape index (κ2) is 7.43. The topological polar surface area (TPSA) is 52.6 Å². The van der Waals surface area contributed by atoms with Crippen LogP contribution in [0.4, 0.5) is 0 Å². The van der Waals surface area contributed by atoms with E-state index in [4.69, 9.17) is 9.47 Å². The molecular weight excluding hydrogens is 268 g/mol. The third kappa shape index (κ3) is 3.55.